The van der Waals surface area contributed by atoms with Crippen molar-refractivity contribution in [1.29, 1.82) is 0 Å². The average molecular weight is 247 g/mol. The maximum Gasteiger partial charge on any atom is 0.387 e. The molecule has 4 N–H and O–H groups in total. The zero-order chi connectivity index (χ0) is 13.0. The lowest BCUT2D eigenvalue weighted by molar-refractivity contribution is -0.132. The number of carbonyl (C=O) groups excluding carboxylic acids is 1. The molecule has 2 atom stereocenters. The molecule has 5 nitrogen and oxygen atoms in total. The van der Waals surface area contributed by atoms with Gasteiger partial charge in [-0.1, -0.05) is 12.1 Å². The van der Waals surface area contributed by atoms with Crippen LogP contribution >= 0.6 is 0 Å². The van der Waals surface area contributed by atoms with E-state index in [1.54, 1.807) is 0 Å². The minimum Gasteiger partial charge on any atom is -0.435 e. The lowest BCUT2D eigenvalue weighted by atomic mass is 10.0. The Hall–Kier alpha value is -1.73. The van der Waals surface area contributed by atoms with Crippen LogP contribution in [0.5, 0.6) is 5.75 Å². The summed E-state index contributed by atoms with van der Waals surface area (Å²) in [4.78, 5) is 10.6. The first-order valence-corrected chi connectivity index (χ1v) is 4.62. The number of amides is 1. The van der Waals surface area contributed by atoms with Crippen molar-refractivity contribution in [1.82, 2.24) is 0 Å². The molecule has 0 aliphatic heterocycles. The number of halogens is 2. The van der Waals surface area contributed by atoms with Gasteiger partial charge in [-0.05, 0) is 17.7 Å². The molecule has 94 valence electrons. The van der Waals surface area contributed by atoms with E-state index in [9.17, 15) is 23.8 Å². The van der Waals surface area contributed by atoms with Crippen molar-refractivity contribution < 1.29 is 28.5 Å². The second kappa shape index (κ2) is 5.55. The first-order valence-electron chi connectivity index (χ1n) is 4.62. The topological polar surface area (TPSA) is 92.8 Å². The Kier molecular flexibility index (Phi) is 4.36. The van der Waals surface area contributed by atoms with Crippen LogP contribution in [0.25, 0.3) is 0 Å². The van der Waals surface area contributed by atoms with Crippen LogP contribution in [0.3, 0.4) is 0 Å². The lowest BCUT2D eigenvalue weighted by Gasteiger charge is -2.15. The number of ether oxygens (including phenoxy) is 1. The molecule has 0 aliphatic carbocycles. The second-order valence-corrected chi connectivity index (χ2v) is 3.24. The van der Waals surface area contributed by atoms with Crippen molar-refractivity contribution in [3.8, 4) is 5.75 Å². The van der Waals surface area contributed by atoms with Crippen molar-refractivity contribution >= 4 is 5.91 Å². The molecule has 1 rings (SSSR count). The number of hydrogen-bond donors (Lipinski definition) is 3. The molecule has 1 aromatic rings. The Bertz CT molecular complexity index is 400. The van der Waals surface area contributed by atoms with Crippen LogP contribution in [-0.2, 0) is 4.79 Å². The van der Waals surface area contributed by atoms with Crippen molar-refractivity contribution in [2.45, 2.75) is 18.8 Å². The molecule has 0 fully saturated rings. The standard InChI is InChI=1S/C10H11F2NO4/c11-10(12)17-6-3-1-2-5(4-6)7(14)8(15)9(13)16/h1-4,7-8,10,14-15H,(H2,13,16). The minimum atomic E-state index is -3.00. The van der Waals surface area contributed by atoms with Crippen molar-refractivity contribution in [3.63, 3.8) is 0 Å². The lowest BCUT2D eigenvalue weighted by Crippen LogP contribution is -2.33. The summed E-state index contributed by atoms with van der Waals surface area (Å²) >= 11 is 0. The summed E-state index contributed by atoms with van der Waals surface area (Å²) in [6, 6.07) is 5.02. The number of aliphatic hydroxyl groups excluding tert-OH is 2. The number of hydrogen-bond acceptors (Lipinski definition) is 4. The number of primary amides is 1. The fraction of sp³-hybridized carbons (Fsp3) is 0.300. The number of carbonyl (C=O) groups is 1. The van der Waals surface area contributed by atoms with E-state index in [1.165, 1.54) is 18.2 Å². The molecule has 0 aromatic heterocycles. The molecule has 0 bridgehead atoms. The molecule has 1 aromatic carbocycles. The van der Waals surface area contributed by atoms with Gasteiger partial charge in [0.15, 0.2) is 6.10 Å². The maximum absolute atomic E-state index is 11.9. The largest absolute Gasteiger partial charge is 0.435 e. The monoisotopic (exact) mass is 247 g/mol. The molecule has 17 heavy (non-hydrogen) atoms. The van der Waals surface area contributed by atoms with E-state index in [0.29, 0.717) is 0 Å². The zero-order valence-corrected chi connectivity index (χ0v) is 8.59. The molecular formula is C10H11F2NO4. The molecule has 0 aliphatic rings. The van der Waals surface area contributed by atoms with Gasteiger partial charge in [0, 0.05) is 0 Å². The van der Waals surface area contributed by atoms with Crippen molar-refractivity contribution in [2.75, 3.05) is 0 Å². The van der Waals surface area contributed by atoms with E-state index in [1.807, 2.05) is 0 Å². The quantitative estimate of drug-likeness (QED) is 0.691. The first-order chi connectivity index (χ1) is 7.91. The summed E-state index contributed by atoms with van der Waals surface area (Å²) in [7, 11) is 0. The molecule has 0 spiro atoms. The molecule has 0 saturated heterocycles. The number of alkyl halides is 2. The normalized spacial score (nSPS) is 14.4. The van der Waals surface area contributed by atoms with Gasteiger partial charge in [-0.15, -0.1) is 0 Å². The van der Waals surface area contributed by atoms with Crippen molar-refractivity contribution in [2.24, 2.45) is 5.73 Å². The molecular weight excluding hydrogens is 236 g/mol. The molecule has 0 radical (unpaired) electrons. The summed E-state index contributed by atoms with van der Waals surface area (Å²) in [6.45, 7) is -3.00. The van der Waals surface area contributed by atoms with Crippen LogP contribution in [0.15, 0.2) is 24.3 Å². The molecule has 0 saturated carbocycles. The van der Waals surface area contributed by atoms with Gasteiger partial charge in [0.1, 0.15) is 11.9 Å². The number of aliphatic hydroxyl groups is 2. The Morgan fingerprint density at radius 3 is 2.53 bits per heavy atom. The molecule has 1 amide bonds. The van der Waals surface area contributed by atoms with E-state index >= 15 is 0 Å². The van der Waals surface area contributed by atoms with Gasteiger partial charge >= 0.3 is 6.61 Å². The third kappa shape index (κ3) is 3.65. The highest BCUT2D eigenvalue weighted by atomic mass is 19.3. The third-order valence-electron chi connectivity index (χ3n) is 2.02. The average Bonchev–Trinajstić information content (AvgIpc) is 2.26. The van der Waals surface area contributed by atoms with Gasteiger partial charge < -0.3 is 20.7 Å². The Morgan fingerprint density at radius 1 is 1.35 bits per heavy atom. The predicted octanol–water partition coefficient (Wildman–Crippen LogP) is 0.168. The number of benzene rings is 1. The van der Waals surface area contributed by atoms with Crippen LogP contribution in [0.4, 0.5) is 8.78 Å². The van der Waals surface area contributed by atoms with E-state index < -0.39 is 24.7 Å². The van der Waals surface area contributed by atoms with Crippen LogP contribution in [0.1, 0.15) is 11.7 Å². The highest BCUT2D eigenvalue weighted by Gasteiger charge is 2.23. The number of nitrogens with two attached hydrogens (primary N) is 1. The molecule has 7 heteroatoms. The maximum atomic E-state index is 11.9. The highest BCUT2D eigenvalue weighted by molar-refractivity contribution is 5.79. The van der Waals surface area contributed by atoms with Gasteiger partial charge in [-0.25, -0.2) is 0 Å². The smallest absolute Gasteiger partial charge is 0.387 e. The summed E-state index contributed by atoms with van der Waals surface area (Å²) in [5.41, 5.74) is 4.84. The van der Waals surface area contributed by atoms with Crippen LogP contribution in [0, 0.1) is 0 Å². The van der Waals surface area contributed by atoms with Crippen LogP contribution < -0.4 is 10.5 Å². The fourth-order valence-corrected chi connectivity index (χ4v) is 1.21. The van der Waals surface area contributed by atoms with Gasteiger partial charge in [-0.2, -0.15) is 8.78 Å². The van der Waals surface area contributed by atoms with Gasteiger partial charge in [0.05, 0.1) is 0 Å². The highest BCUT2D eigenvalue weighted by Crippen LogP contribution is 2.22. The Labute approximate surface area is 95.4 Å². The van der Waals surface area contributed by atoms with E-state index in [4.69, 9.17) is 5.73 Å². The Morgan fingerprint density at radius 2 is 2.00 bits per heavy atom. The summed E-state index contributed by atoms with van der Waals surface area (Å²) in [6.07, 6.45) is -3.40. The van der Waals surface area contributed by atoms with E-state index in [-0.39, 0.29) is 11.3 Å². The number of rotatable bonds is 5. The minimum absolute atomic E-state index is 0.0504. The van der Waals surface area contributed by atoms with Crippen LogP contribution in [-0.4, -0.2) is 28.8 Å². The van der Waals surface area contributed by atoms with Crippen molar-refractivity contribution in [3.05, 3.63) is 29.8 Å². The summed E-state index contributed by atoms with van der Waals surface area (Å²) in [5, 5.41) is 18.7. The molecule has 0 heterocycles. The first kappa shape index (κ1) is 13.3. The third-order valence-corrected chi connectivity index (χ3v) is 2.02. The Balaban J connectivity index is 2.87. The summed E-state index contributed by atoms with van der Waals surface area (Å²) < 4.78 is 28.0. The van der Waals surface area contributed by atoms with Gasteiger partial charge in [-0.3, -0.25) is 4.79 Å². The SMILES string of the molecule is NC(=O)C(O)C(O)c1cccc(OC(F)F)c1. The molecule has 2 unspecified atom stereocenters. The predicted molar refractivity (Wildman–Crippen MR) is 53.2 cm³/mol. The summed E-state index contributed by atoms with van der Waals surface area (Å²) in [5.74, 6) is -1.30. The van der Waals surface area contributed by atoms with E-state index in [2.05, 4.69) is 4.74 Å². The van der Waals surface area contributed by atoms with Gasteiger partial charge in [0.25, 0.3) is 0 Å². The second-order valence-electron chi connectivity index (χ2n) is 3.24. The fourth-order valence-electron chi connectivity index (χ4n) is 1.21. The van der Waals surface area contributed by atoms with E-state index in [0.717, 1.165) is 6.07 Å². The van der Waals surface area contributed by atoms with Gasteiger partial charge in [0.2, 0.25) is 5.91 Å². The van der Waals surface area contributed by atoms with Crippen LogP contribution in [0.2, 0.25) is 0 Å². The zero-order valence-electron chi connectivity index (χ0n) is 8.59.